The minimum atomic E-state index is -0.911. The highest BCUT2D eigenvalue weighted by atomic mass is 16.4. The van der Waals surface area contributed by atoms with Crippen molar-refractivity contribution in [3.8, 4) is 0 Å². The molecule has 0 saturated heterocycles. The highest BCUT2D eigenvalue weighted by Gasteiger charge is 2.65. The van der Waals surface area contributed by atoms with E-state index in [0.29, 0.717) is 5.76 Å². The second-order valence-electron chi connectivity index (χ2n) is 5.36. The van der Waals surface area contributed by atoms with Gasteiger partial charge in [0, 0.05) is 0 Å². The van der Waals surface area contributed by atoms with Crippen LogP contribution in [0.2, 0.25) is 0 Å². The molecule has 2 rings (SSSR count). The van der Waals surface area contributed by atoms with Crippen molar-refractivity contribution in [1.29, 1.82) is 0 Å². The summed E-state index contributed by atoms with van der Waals surface area (Å²) in [5, 5.41) is 11.8. The lowest BCUT2D eigenvalue weighted by atomic mass is 10.1. The number of carboxylic acids is 1. The van der Waals surface area contributed by atoms with Gasteiger partial charge in [-0.15, -0.1) is 0 Å². The molecule has 1 aromatic heterocycles. The largest absolute Gasteiger partial charge is 0.481 e. The van der Waals surface area contributed by atoms with Crippen LogP contribution in [0.1, 0.15) is 32.6 Å². The molecule has 0 spiro atoms. The van der Waals surface area contributed by atoms with Gasteiger partial charge in [0.1, 0.15) is 5.76 Å². The normalized spacial score (nSPS) is 26.4. The zero-order chi connectivity index (χ0) is 13.5. The third-order valence-corrected chi connectivity index (χ3v) is 3.70. The van der Waals surface area contributed by atoms with Gasteiger partial charge in [-0.25, -0.2) is 0 Å². The molecule has 1 amide bonds. The van der Waals surface area contributed by atoms with Crippen molar-refractivity contribution in [2.24, 2.45) is 17.3 Å². The molecule has 5 nitrogen and oxygen atoms in total. The quantitative estimate of drug-likeness (QED) is 0.855. The van der Waals surface area contributed by atoms with E-state index in [1.807, 2.05) is 6.92 Å². The van der Waals surface area contributed by atoms with Crippen LogP contribution in [0.4, 0.5) is 0 Å². The predicted octanol–water partition coefficient (Wildman–Crippen LogP) is 1.81. The Morgan fingerprint density at radius 2 is 2.11 bits per heavy atom. The van der Waals surface area contributed by atoms with Crippen LogP contribution in [0, 0.1) is 17.3 Å². The molecule has 1 aliphatic rings. The van der Waals surface area contributed by atoms with E-state index in [9.17, 15) is 9.59 Å². The first-order valence-electron chi connectivity index (χ1n) is 5.92. The maximum absolute atomic E-state index is 12.0. The number of hydrogen-bond acceptors (Lipinski definition) is 3. The molecule has 0 bridgehead atoms. The van der Waals surface area contributed by atoms with E-state index in [0.717, 1.165) is 0 Å². The highest BCUT2D eigenvalue weighted by Crippen LogP contribution is 2.58. The molecule has 1 saturated carbocycles. The Balaban J connectivity index is 2.00. The van der Waals surface area contributed by atoms with E-state index in [1.54, 1.807) is 32.2 Å². The molecule has 1 heterocycles. The Labute approximate surface area is 105 Å². The molecular weight excluding hydrogens is 234 g/mol. The number of aliphatic carboxylic acids is 1. The Morgan fingerprint density at radius 1 is 1.44 bits per heavy atom. The van der Waals surface area contributed by atoms with E-state index >= 15 is 0 Å². The van der Waals surface area contributed by atoms with Crippen molar-refractivity contribution in [3.63, 3.8) is 0 Å². The van der Waals surface area contributed by atoms with Crippen molar-refractivity contribution in [1.82, 2.24) is 5.32 Å². The average molecular weight is 251 g/mol. The first kappa shape index (κ1) is 12.7. The van der Waals surface area contributed by atoms with E-state index in [2.05, 4.69) is 5.32 Å². The fourth-order valence-electron chi connectivity index (χ4n) is 2.50. The number of rotatable bonds is 4. The van der Waals surface area contributed by atoms with Gasteiger partial charge in [-0.1, -0.05) is 13.8 Å². The number of carbonyl (C=O) groups is 2. The topological polar surface area (TPSA) is 79.5 Å². The molecule has 98 valence electrons. The molecule has 3 atom stereocenters. The molecule has 0 aliphatic heterocycles. The molecule has 5 heteroatoms. The monoisotopic (exact) mass is 251 g/mol. The van der Waals surface area contributed by atoms with Crippen LogP contribution in [0.15, 0.2) is 22.8 Å². The number of furan rings is 1. The van der Waals surface area contributed by atoms with Crippen LogP contribution in [0.3, 0.4) is 0 Å². The van der Waals surface area contributed by atoms with Gasteiger partial charge in [0.25, 0.3) is 0 Å². The van der Waals surface area contributed by atoms with Crippen LogP contribution < -0.4 is 5.32 Å². The van der Waals surface area contributed by atoms with Gasteiger partial charge in [0.15, 0.2) is 0 Å². The Hall–Kier alpha value is -1.78. The summed E-state index contributed by atoms with van der Waals surface area (Å²) in [5.41, 5.74) is -0.473. The molecule has 1 fully saturated rings. The van der Waals surface area contributed by atoms with Crippen molar-refractivity contribution in [2.75, 3.05) is 0 Å². The van der Waals surface area contributed by atoms with Crippen molar-refractivity contribution < 1.29 is 19.1 Å². The van der Waals surface area contributed by atoms with E-state index in [4.69, 9.17) is 9.52 Å². The highest BCUT2D eigenvalue weighted by molar-refractivity contribution is 5.91. The molecule has 0 radical (unpaired) electrons. The van der Waals surface area contributed by atoms with Crippen LogP contribution >= 0.6 is 0 Å². The summed E-state index contributed by atoms with van der Waals surface area (Å²) in [6, 6.07) is 3.27. The lowest BCUT2D eigenvalue weighted by Crippen LogP contribution is -2.29. The van der Waals surface area contributed by atoms with Crippen LogP contribution in [-0.4, -0.2) is 17.0 Å². The summed E-state index contributed by atoms with van der Waals surface area (Å²) in [6.07, 6.45) is 1.54. The fraction of sp³-hybridized carbons (Fsp3) is 0.538. The molecule has 1 aliphatic carbocycles. The van der Waals surface area contributed by atoms with Gasteiger partial charge in [-0.2, -0.15) is 0 Å². The van der Waals surface area contributed by atoms with Gasteiger partial charge in [0.2, 0.25) is 5.91 Å². The number of carbonyl (C=O) groups excluding carboxylic acids is 1. The predicted molar refractivity (Wildman–Crippen MR) is 63.7 cm³/mol. The Morgan fingerprint density at radius 3 is 2.56 bits per heavy atom. The van der Waals surface area contributed by atoms with Gasteiger partial charge < -0.3 is 14.8 Å². The molecule has 0 aromatic carbocycles. The molecule has 2 N–H and O–H groups in total. The minimum Gasteiger partial charge on any atom is -0.481 e. The maximum atomic E-state index is 12.0. The zero-order valence-corrected chi connectivity index (χ0v) is 10.6. The number of hydrogen-bond donors (Lipinski definition) is 2. The molecule has 18 heavy (non-hydrogen) atoms. The molecule has 1 aromatic rings. The second kappa shape index (κ2) is 4.15. The number of nitrogens with one attached hydrogen (secondary N) is 1. The van der Waals surface area contributed by atoms with E-state index in [-0.39, 0.29) is 11.9 Å². The lowest BCUT2D eigenvalue weighted by molar-refractivity contribution is -0.140. The Kier molecular flexibility index (Phi) is 2.92. The fourth-order valence-corrected chi connectivity index (χ4v) is 2.50. The Bertz CT molecular complexity index is 463. The van der Waals surface area contributed by atoms with E-state index in [1.165, 1.54) is 0 Å². The van der Waals surface area contributed by atoms with Crippen molar-refractivity contribution >= 4 is 11.9 Å². The molecule has 3 unspecified atom stereocenters. The smallest absolute Gasteiger partial charge is 0.307 e. The first-order chi connectivity index (χ1) is 8.35. The summed E-state index contributed by atoms with van der Waals surface area (Å²) in [7, 11) is 0. The minimum absolute atomic E-state index is 0.226. The van der Waals surface area contributed by atoms with Crippen LogP contribution in [0.5, 0.6) is 0 Å². The number of carboxylic acid groups (broad SMARTS) is 1. The summed E-state index contributed by atoms with van der Waals surface area (Å²) in [4.78, 5) is 23.0. The van der Waals surface area contributed by atoms with Crippen molar-refractivity contribution in [2.45, 2.75) is 26.8 Å². The third-order valence-electron chi connectivity index (χ3n) is 3.70. The average Bonchev–Trinajstić information content (AvgIpc) is 2.67. The summed E-state index contributed by atoms with van der Waals surface area (Å²) >= 11 is 0. The maximum Gasteiger partial charge on any atom is 0.307 e. The lowest BCUT2D eigenvalue weighted by Gasteiger charge is -2.11. The first-order valence-corrected chi connectivity index (χ1v) is 5.92. The standard InChI is InChI=1S/C13H17NO4/c1-7(8-5-4-6-18-8)14-11(15)9-10(12(16)17)13(9,2)3/h4-7,9-10H,1-3H3,(H,14,15)(H,16,17). The summed E-state index contributed by atoms with van der Waals surface area (Å²) in [6.45, 7) is 5.41. The summed E-state index contributed by atoms with van der Waals surface area (Å²) in [5.74, 6) is -1.54. The van der Waals surface area contributed by atoms with E-state index < -0.39 is 23.2 Å². The summed E-state index contributed by atoms with van der Waals surface area (Å²) < 4.78 is 5.19. The zero-order valence-electron chi connectivity index (χ0n) is 10.6. The molecular formula is C13H17NO4. The van der Waals surface area contributed by atoms with Gasteiger partial charge in [0.05, 0.1) is 24.1 Å². The van der Waals surface area contributed by atoms with Gasteiger partial charge >= 0.3 is 5.97 Å². The number of amides is 1. The van der Waals surface area contributed by atoms with Crippen LogP contribution in [0.25, 0.3) is 0 Å². The van der Waals surface area contributed by atoms with Gasteiger partial charge in [-0.05, 0) is 24.5 Å². The van der Waals surface area contributed by atoms with Crippen molar-refractivity contribution in [3.05, 3.63) is 24.2 Å². The third kappa shape index (κ3) is 2.00. The SMILES string of the molecule is CC(NC(=O)C1C(C(=O)O)C1(C)C)c1ccco1. The van der Waals surface area contributed by atoms with Crippen LogP contribution in [-0.2, 0) is 9.59 Å². The van der Waals surface area contributed by atoms with Gasteiger partial charge in [-0.3, -0.25) is 9.59 Å². The second-order valence-corrected chi connectivity index (χ2v) is 5.36.